The van der Waals surface area contributed by atoms with Crippen LogP contribution in [-0.4, -0.2) is 13.6 Å². The molecule has 1 heteroatoms. The molecule has 1 aliphatic carbocycles. The molecule has 88 valence electrons. The molecule has 2 unspecified atom stereocenters. The minimum absolute atomic E-state index is 0.785. The summed E-state index contributed by atoms with van der Waals surface area (Å²) in [5.74, 6) is 1.62. The van der Waals surface area contributed by atoms with Crippen LogP contribution in [0, 0.1) is 19.8 Å². The molecule has 0 bridgehead atoms. The quantitative estimate of drug-likeness (QED) is 0.818. The topological polar surface area (TPSA) is 12.0 Å². The molecule has 2 atom stereocenters. The third-order valence-electron chi connectivity index (χ3n) is 3.96. The molecule has 0 amide bonds. The van der Waals surface area contributed by atoms with Crippen LogP contribution in [0.25, 0.3) is 0 Å². The number of benzene rings is 1. The Kier molecular flexibility index (Phi) is 3.65. The predicted molar refractivity (Wildman–Crippen MR) is 69.9 cm³/mol. The molecule has 16 heavy (non-hydrogen) atoms. The van der Waals surface area contributed by atoms with Crippen molar-refractivity contribution in [2.45, 2.75) is 39.0 Å². The normalized spacial score (nSPS) is 24.9. The van der Waals surface area contributed by atoms with E-state index in [4.69, 9.17) is 0 Å². The summed E-state index contributed by atoms with van der Waals surface area (Å²) in [5.41, 5.74) is 4.46. The zero-order valence-corrected chi connectivity index (χ0v) is 10.7. The van der Waals surface area contributed by atoms with Gasteiger partial charge in [-0.1, -0.05) is 30.2 Å². The lowest BCUT2D eigenvalue weighted by Crippen LogP contribution is -2.21. The first-order valence-corrected chi connectivity index (χ1v) is 6.44. The molecule has 0 aliphatic heterocycles. The Labute approximate surface area is 99.3 Å². The molecular formula is C15H23N. The second-order valence-corrected chi connectivity index (χ2v) is 5.22. The van der Waals surface area contributed by atoms with Crippen LogP contribution in [0.15, 0.2) is 18.2 Å². The van der Waals surface area contributed by atoms with Gasteiger partial charge in [0.15, 0.2) is 0 Å². The van der Waals surface area contributed by atoms with Crippen molar-refractivity contribution in [3.63, 3.8) is 0 Å². The van der Waals surface area contributed by atoms with E-state index in [9.17, 15) is 0 Å². The Morgan fingerprint density at radius 3 is 2.81 bits per heavy atom. The highest BCUT2D eigenvalue weighted by Crippen LogP contribution is 2.40. The molecule has 1 fully saturated rings. The van der Waals surface area contributed by atoms with E-state index >= 15 is 0 Å². The zero-order chi connectivity index (χ0) is 11.5. The van der Waals surface area contributed by atoms with Gasteiger partial charge in [-0.25, -0.2) is 0 Å². The first-order valence-electron chi connectivity index (χ1n) is 6.44. The van der Waals surface area contributed by atoms with Crippen LogP contribution in [0.5, 0.6) is 0 Å². The smallest absolute Gasteiger partial charge is 0.00177 e. The van der Waals surface area contributed by atoms with Gasteiger partial charge in [0.1, 0.15) is 0 Å². The molecule has 0 aromatic heterocycles. The van der Waals surface area contributed by atoms with Crippen molar-refractivity contribution in [3.8, 4) is 0 Å². The summed E-state index contributed by atoms with van der Waals surface area (Å²) in [5, 5.41) is 3.34. The van der Waals surface area contributed by atoms with E-state index in [2.05, 4.69) is 44.4 Å². The van der Waals surface area contributed by atoms with Crippen LogP contribution in [0.3, 0.4) is 0 Å². The highest BCUT2D eigenvalue weighted by molar-refractivity contribution is 5.34. The summed E-state index contributed by atoms with van der Waals surface area (Å²) >= 11 is 0. The number of hydrogen-bond acceptors (Lipinski definition) is 1. The summed E-state index contributed by atoms with van der Waals surface area (Å²) in [6.07, 6.45) is 4.15. The maximum atomic E-state index is 3.34. The van der Waals surface area contributed by atoms with Gasteiger partial charge in [0, 0.05) is 0 Å². The summed E-state index contributed by atoms with van der Waals surface area (Å²) in [7, 11) is 2.07. The van der Waals surface area contributed by atoms with E-state index in [1.807, 2.05) is 0 Å². The second-order valence-electron chi connectivity index (χ2n) is 5.22. The Bertz CT molecular complexity index is 356. The molecular weight excluding hydrogens is 194 g/mol. The van der Waals surface area contributed by atoms with Gasteiger partial charge in [0.25, 0.3) is 0 Å². The number of aryl methyl sites for hydroxylation is 2. The molecule has 1 saturated carbocycles. The lowest BCUT2D eigenvalue weighted by atomic mass is 9.85. The molecule has 0 heterocycles. The minimum atomic E-state index is 0.785. The Hall–Kier alpha value is -0.820. The van der Waals surface area contributed by atoms with Gasteiger partial charge in [-0.2, -0.15) is 0 Å². The van der Waals surface area contributed by atoms with E-state index in [-0.39, 0.29) is 0 Å². The van der Waals surface area contributed by atoms with Gasteiger partial charge in [-0.15, -0.1) is 0 Å². The summed E-state index contributed by atoms with van der Waals surface area (Å²) in [4.78, 5) is 0. The predicted octanol–water partition coefficient (Wildman–Crippen LogP) is 3.41. The van der Waals surface area contributed by atoms with E-state index in [0.717, 1.165) is 18.4 Å². The average molecular weight is 217 g/mol. The number of hydrogen-bond donors (Lipinski definition) is 1. The third-order valence-corrected chi connectivity index (χ3v) is 3.96. The molecule has 1 aromatic rings. The van der Waals surface area contributed by atoms with Crippen molar-refractivity contribution in [1.82, 2.24) is 5.32 Å². The van der Waals surface area contributed by atoms with E-state index in [1.54, 1.807) is 5.56 Å². The van der Waals surface area contributed by atoms with E-state index in [0.29, 0.717) is 0 Å². The number of rotatable bonds is 3. The standard InChI is InChI=1S/C15H23N/c1-11-7-8-12(2)15(9-11)14-6-4-5-13(14)10-16-3/h7-9,13-14,16H,4-6,10H2,1-3H3. The van der Waals surface area contributed by atoms with Crippen molar-refractivity contribution >= 4 is 0 Å². The summed E-state index contributed by atoms with van der Waals surface area (Å²) in [6.45, 7) is 5.62. The molecule has 1 N–H and O–H groups in total. The second kappa shape index (κ2) is 5.01. The molecule has 2 rings (SSSR count). The van der Waals surface area contributed by atoms with Gasteiger partial charge in [-0.05, 0) is 63.2 Å². The van der Waals surface area contributed by atoms with Crippen molar-refractivity contribution in [1.29, 1.82) is 0 Å². The Morgan fingerprint density at radius 2 is 2.06 bits per heavy atom. The Balaban J connectivity index is 2.25. The van der Waals surface area contributed by atoms with Crippen molar-refractivity contribution < 1.29 is 0 Å². The maximum absolute atomic E-state index is 3.34. The first kappa shape index (κ1) is 11.7. The summed E-state index contributed by atoms with van der Waals surface area (Å²) < 4.78 is 0. The first-order chi connectivity index (χ1) is 7.72. The van der Waals surface area contributed by atoms with Crippen LogP contribution < -0.4 is 5.32 Å². The fraction of sp³-hybridized carbons (Fsp3) is 0.600. The minimum Gasteiger partial charge on any atom is -0.319 e. The van der Waals surface area contributed by atoms with Crippen molar-refractivity contribution in [3.05, 3.63) is 34.9 Å². The highest BCUT2D eigenvalue weighted by Gasteiger charge is 2.28. The average Bonchev–Trinajstić information content (AvgIpc) is 2.70. The third kappa shape index (κ3) is 2.30. The molecule has 1 nitrogen and oxygen atoms in total. The van der Waals surface area contributed by atoms with Gasteiger partial charge >= 0.3 is 0 Å². The van der Waals surface area contributed by atoms with E-state index < -0.39 is 0 Å². The van der Waals surface area contributed by atoms with Crippen LogP contribution >= 0.6 is 0 Å². The fourth-order valence-corrected chi connectivity index (χ4v) is 3.11. The lowest BCUT2D eigenvalue weighted by Gasteiger charge is -2.22. The van der Waals surface area contributed by atoms with Crippen LogP contribution in [-0.2, 0) is 0 Å². The largest absolute Gasteiger partial charge is 0.319 e. The van der Waals surface area contributed by atoms with Crippen LogP contribution in [0.1, 0.15) is 41.9 Å². The van der Waals surface area contributed by atoms with Gasteiger partial charge in [0.2, 0.25) is 0 Å². The molecule has 1 aromatic carbocycles. The van der Waals surface area contributed by atoms with E-state index in [1.165, 1.54) is 30.4 Å². The molecule has 0 radical (unpaired) electrons. The van der Waals surface area contributed by atoms with Crippen LogP contribution in [0.2, 0.25) is 0 Å². The van der Waals surface area contributed by atoms with Crippen molar-refractivity contribution in [2.24, 2.45) is 5.92 Å². The zero-order valence-electron chi connectivity index (χ0n) is 10.7. The van der Waals surface area contributed by atoms with Gasteiger partial charge in [-0.3, -0.25) is 0 Å². The van der Waals surface area contributed by atoms with Crippen molar-refractivity contribution in [2.75, 3.05) is 13.6 Å². The monoisotopic (exact) mass is 217 g/mol. The van der Waals surface area contributed by atoms with Gasteiger partial charge in [0.05, 0.1) is 0 Å². The molecule has 0 saturated heterocycles. The molecule has 0 spiro atoms. The Morgan fingerprint density at radius 1 is 1.25 bits per heavy atom. The molecule has 1 aliphatic rings. The summed E-state index contributed by atoms with van der Waals surface area (Å²) in [6, 6.07) is 6.90. The SMILES string of the molecule is CNCC1CCCC1c1cc(C)ccc1C. The van der Waals surface area contributed by atoms with Crippen LogP contribution in [0.4, 0.5) is 0 Å². The number of nitrogens with one attached hydrogen (secondary N) is 1. The van der Waals surface area contributed by atoms with Gasteiger partial charge < -0.3 is 5.32 Å². The fourth-order valence-electron chi connectivity index (χ4n) is 3.11. The maximum Gasteiger partial charge on any atom is -0.00177 e. The lowest BCUT2D eigenvalue weighted by molar-refractivity contribution is 0.461. The highest BCUT2D eigenvalue weighted by atomic mass is 14.8.